The van der Waals surface area contributed by atoms with E-state index in [1.54, 1.807) is 19.3 Å². The third-order valence-corrected chi connectivity index (χ3v) is 3.64. The summed E-state index contributed by atoms with van der Waals surface area (Å²) in [5.74, 6) is -0.380. The minimum atomic E-state index is -0.380. The predicted octanol–water partition coefficient (Wildman–Crippen LogP) is 1.45. The second kappa shape index (κ2) is 4.49. The highest BCUT2D eigenvalue weighted by Gasteiger charge is 2.16. The van der Waals surface area contributed by atoms with Crippen molar-refractivity contribution in [2.45, 2.75) is 0 Å². The lowest BCUT2D eigenvalue weighted by atomic mass is 10.3. The molecule has 2 heterocycles. The number of nitrogens with one attached hydrogen (secondary N) is 1. The zero-order chi connectivity index (χ0) is 14.3. The maximum Gasteiger partial charge on any atom is 0.280 e. The molecule has 0 aliphatic carbocycles. The summed E-state index contributed by atoms with van der Waals surface area (Å²) < 4.78 is 2.40. The van der Waals surface area contributed by atoms with Crippen molar-refractivity contribution in [1.29, 1.82) is 0 Å². The van der Waals surface area contributed by atoms with Gasteiger partial charge >= 0.3 is 0 Å². The zero-order valence-electron chi connectivity index (χ0n) is 10.6. The molecule has 0 atom stereocenters. The van der Waals surface area contributed by atoms with Gasteiger partial charge in [-0.3, -0.25) is 14.8 Å². The number of aromatic nitrogens is 3. The summed E-state index contributed by atoms with van der Waals surface area (Å²) in [6.07, 6.45) is 1.58. The van der Waals surface area contributed by atoms with Gasteiger partial charge in [0.2, 0.25) is 0 Å². The lowest BCUT2D eigenvalue weighted by molar-refractivity contribution is 0.102. The van der Waals surface area contributed by atoms with Gasteiger partial charge in [0.15, 0.2) is 10.8 Å². The van der Waals surface area contributed by atoms with Crippen LogP contribution in [0.2, 0.25) is 0 Å². The topological polar surface area (TPSA) is 112 Å². The molecule has 0 bridgehead atoms. The Morgan fingerprint density at radius 2 is 2.20 bits per heavy atom. The van der Waals surface area contributed by atoms with Gasteiger partial charge in [0.1, 0.15) is 0 Å². The van der Waals surface area contributed by atoms with Crippen LogP contribution in [0.25, 0.3) is 10.2 Å². The molecule has 1 aromatic carbocycles. The van der Waals surface area contributed by atoms with E-state index < -0.39 is 0 Å². The fraction of sp³-hybridized carbons (Fsp3) is 0.0833. The van der Waals surface area contributed by atoms with Gasteiger partial charge in [-0.05, 0) is 18.2 Å². The average Bonchev–Trinajstić information content (AvgIpc) is 2.91. The number of thiazole rings is 1. The Morgan fingerprint density at radius 1 is 1.40 bits per heavy atom. The molecule has 7 nitrogen and oxygen atoms in total. The summed E-state index contributed by atoms with van der Waals surface area (Å²) in [7, 11) is 1.70. The first-order valence-corrected chi connectivity index (χ1v) is 6.61. The maximum atomic E-state index is 12.1. The van der Waals surface area contributed by atoms with Crippen LogP contribution in [-0.2, 0) is 7.05 Å². The number of nitrogens with two attached hydrogens (primary N) is 2. The van der Waals surface area contributed by atoms with Crippen LogP contribution in [0.15, 0.2) is 24.4 Å². The second-order valence-corrected chi connectivity index (χ2v) is 5.34. The molecular formula is C12H12N6OS. The molecule has 8 heteroatoms. The molecule has 2 aromatic heterocycles. The number of fused-ring (bicyclic) bond motifs is 1. The molecule has 0 saturated carbocycles. The monoisotopic (exact) mass is 288 g/mol. The molecular weight excluding hydrogens is 276 g/mol. The molecule has 102 valence electrons. The molecule has 0 radical (unpaired) electrons. The number of aryl methyl sites for hydroxylation is 1. The molecule has 3 aromatic rings. The van der Waals surface area contributed by atoms with Gasteiger partial charge < -0.3 is 11.5 Å². The van der Waals surface area contributed by atoms with Crippen molar-refractivity contribution in [2.24, 2.45) is 7.05 Å². The molecule has 0 aliphatic heterocycles. The highest BCUT2D eigenvalue weighted by atomic mass is 32.1. The summed E-state index contributed by atoms with van der Waals surface area (Å²) in [4.78, 5) is 16.4. The molecule has 0 fully saturated rings. The molecule has 0 aliphatic rings. The van der Waals surface area contributed by atoms with Crippen molar-refractivity contribution >= 4 is 44.0 Å². The lowest BCUT2D eigenvalue weighted by Gasteiger charge is -1.98. The Kier molecular flexibility index (Phi) is 2.79. The van der Waals surface area contributed by atoms with Gasteiger partial charge in [-0.1, -0.05) is 11.3 Å². The number of carbonyl (C=O) groups is 1. The van der Waals surface area contributed by atoms with Crippen LogP contribution in [0.1, 0.15) is 10.5 Å². The molecule has 0 spiro atoms. The van der Waals surface area contributed by atoms with Crippen LogP contribution in [0.4, 0.5) is 16.5 Å². The van der Waals surface area contributed by atoms with Crippen LogP contribution < -0.4 is 16.8 Å². The smallest absolute Gasteiger partial charge is 0.280 e. The normalized spacial score (nSPS) is 10.8. The number of hydrogen-bond donors (Lipinski definition) is 3. The highest BCUT2D eigenvalue weighted by molar-refractivity contribution is 7.22. The number of anilines is 3. The second-order valence-electron chi connectivity index (χ2n) is 4.31. The van der Waals surface area contributed by atoms with Gasteiger partial charge in [-0.15, -0.1) is 0 Å². The number of rotatable bonds is 2. The van der Waals surface area contributed by atoms with Crippen molar-refractivity contribution < 1.29 is 4.79 Å². The quantitative estimate of drug-likeness (QED) is 0.618. The number of amides is 1. The van der Waals surface area contributed by atoms with Gasteiger partial charge in [0.25, 0.3) is 5.91 Å². The van der Waals surface area contributed by atoms with E-state index in [1.165, 1.54) is 16.0 Å². The van der Waals surface area contributed by atoms with E-state index in [9.17, 15) is 4.79 Å². The van der Waals surface area contributed by atoms with E-state index in [0.717, 1.165) is 10.2 Å². The first kappa shape index (κ1) is 12.4. The Hall–Kier alpha value is -2.61. The standard InChI is InChI=1S/C12H12N6OS/c1-18-5-7(14)10(17-18)11(19)16-12-15-8-3-2-6(13)4-9(8)20-12/h2-5H,13-14H2,1H3,(H,15,16,19). The van der Waals surface area contributed by atoms with Crippen LogP contribution in [-0.4, -0.2) is 20.7 Å². The Morgan fingerprint density at radius 3 is 2.90 bits per heavy atom. The van der Waals surface area contributed by atoms with E-state index >= 15 is 0 Å². The van der Waals surface area contributed by atoms with Crippen molar-refractivity contribution in [3.05, 3.63) is 30.1 Å². The minimum Gasteiger partial charge on any atom is -0.399 e. The Bertz CT molecular complexity index is 805. The van der Waals surface area contributed by atoms with Crippen LogP contribution >= 0.6 is 11.3 Å². The number of carbonyl (C=O) groups excluding carboxylic acids is 1. The molecule has 5 N–H and O–H groups in total. The fourth-order valence-electron chi connectivity index (χ4n) is 1.83. The van der Waals surface area contributed by atoms with Gasteiger partial charge in [-0.2, -0.15) is 5.10 Å². The highest BCUT2D eigenvalue weighted by Crippen LogP contribution is 2.27. The predicted molar refractivity (Wildman–Crippen MR) is 79.6 cm³/mol. The van der Waals surface area contributed by atoms with E-state index in [1.807, 2.05) is 12.1 Å². The Balaban J connectivity index is 1.89. The minimum absolute atomic E-state index is 0.186. The molecule has 3 rings (SSSR count). The summed E-state index contributed by atoms with van der Waals surface area (Å²) in [5, 5.41) is 7.19. The first-order chi connectivity index (χ1) is 9.52. The molecule has 1 amide bonds. The average molecular weight is 288 g/mol. The number of hydrogen-bond acceptors (Lipinski definition) is 6. The molecule has 0 saturated heterocycles. The van der Waals surface area contributed by atoms with Crippen molar-refractivity contribution in [2.75, 3.05) is 16.8 Å². The molecule has 20 heavy (non-hydrogen) atoms. The van der Waals surface area contributed by atoms with Crippen LogP contribution in [0, 0.1) is 0 Å². The number of nitrogen functional groups attached to an aromatic ring is 2. The van der Waals surface area contributed by atoms with Crippen molar-refractivity contribution in [3.63, 3.8) is 0 Å². The van der Waals surface area contributed by atoms with Crippen molar-refractivity contribution in [1.82, 2.24) is 14.8 Å². The van der Waals surface area contributed by atoms with Gasteiger partial charge in [0, 0.05) is 18.9 Å². The maximum absolute atomic E-state index is 12.1. The summed E-state index contributed by atoms with van der Waals surface area (Å²) >= 11 is 1.35. The lowest BCUT2D eigenvalue weighted by Crippen LogP contribution is -2.14. The van der Waals surface area contributed by atoms with E-state index in [2.05, 4.69) is 15.4 Å². The first-order valence-electron chi connectivity index (χ1n) is 5.79. The van der Waals surface area contributed by atoms with Crippen LogP contribution in [0.5, 0.6) is 0 Å². The van der Waals surface area contributed by atoms with Gasteiger partial charge in [0.05, 0.1) is 15.9 Å². The van der Waals surface area contributed by atoms with Crippen molar-refractivity contribution in [3.8, 4) is 0 Å². The molecule has 0 unspecified atom stereocenters. The third-order valence-electron chi connectivity index (χ3n) is 2.71. The van der Waals surface area contributed by atoms with E-state index in [-0.39, 0.29) is 11.6 Å². The SMILES string of the molecule is Cn1cc(N)c(C(=O)Nc2nc3ccc(N)cc3s2)n1. The largest absolute Gasteiger partial charge is 0.399 e. The summed E-state index contributed by atoms with van der Waals surface area (Å²) in [6, 6.07) is 5.40. The summed E-state index contributed by atoms with van der Waals surface area (Å²) in [5.41, 5.74) is 13.4. The zero-order valence-corrected chi connectivity index (χ0v) is 11.4. The Labute approximate surface area is 118 Å². The number of nitrogens with zero attached hydrogens (tertiary/aromatic N) is 3. The third kappa shape index (κ3) is 2.16. The fourth-order valence-corrected chi connectivity index (χ4v) is 2.74. The van der Waals surface area contributed by atoms with Gasteiger partial charge in [-0.25, -0.2) is 4.98 Å². The van der Waals surface area contributed by atoms with E-state index in [4.69, 9.17) is 11.5 Å². The summed E-state index contributed by atoms with van der Waals surface area (Å²) in [6.45, 7) is 0. The van der Waals surface area contributed by atoms with Crippen LogP contribution in [0.3, 0.4) is 0 Å². The number of benzene rings is 1. The van der Waals surface area contributed by atoms with E-state index in [0.29, 0.717) is 16.5 Å².